The van der Waals surface area contributed by atoms with Crippen molar-refractivity contribution in [2.24, 2.45) is 5.92 Å². The molecular formula is C9H17NOS. The molecule has 0 aromatic heterocycles. The zero-order chi connectivity index (χ0) is 9.56. The van der Waals surface area contributed by atoms with Crippen LogP contribution in [0.15, 0.2) is 11.5 Å². The maximum atomic E-state index is 11.0. The molecule has 0 heterocycles. The minimum atomic E-state index is 0.00292. The van der Waals surface area contributed by atoms with Crippen LogP contribution in [-0.2, 0) is 0 Å². The summed E-state index contributed by atoms with van der Waals surface area (Å²) in [6.45, 7) is 10.5. The second-order valence-electron chi connectivity index (χ2n) is 3.20. The molecule has 2 nitrogen and oxygen atoms in total. The molecule has 0 spiro atoms. The predicted molar refractivity (Wildman–Crippen MR) is 55.3 cm³/mol. The number of allylic oxidation sites excluding steroid dienone is 1. The third-order valence-corrected chi connectivity index (χ3v) is 1.94. The Kier molecular flexibility index (Phi) is 5.89. The third-order valence-electron chi connectivity index (χ3n) is 1.26. The van der Waals surface area contributed by atoms with E-state index in [1.165, 1.54) is 0 Å². The van der Waals surface area contributed by atoms with Crippen LogP contribution in [0.1, 0.15) is 27.2 Å². The summed E-state index contributed by atoms with van der Waals surface area (Å²) in [5, 5.41) is 2.81. The molecule has 70 valence electrons. The normalized spacial score (nSPS) is 10.0. The molecule has 0 aliphatic heterocycles. The number of rotatable bonds is 4. The second-order valence-corrected chi connectivity index (χ2v) is 4.47. The number of amides is 1. The van der Waals surface area contributed by atoms with Gasteiger partial charge in [-0.1, -0.05) is 20.4 Å². The molecule has 0 unspecified atom stereocenters. The number of nitrogens with one attached hydrogen (secondary N) is 1. The average molecular weight is 187 g/mol. The van der Waals surface area contributed by atoms with Crippen LogP contribution in [0.4, 0.5) is 4.79 Å². The Morgan fingerprint density at radius 1 is 1.58 bits per heavy atom. The number of hydrogen-bond donors (Lipinski definition) is 1. The van der Waals surface area contributed by atoms with Gasteiger partial charge in [-0.3, -0.25) is 4.79 Å². The van der Waals surface area contributed by atoms with E-state index < -0.39 is 0 Å². The Morgan fingerprint density at radius 3 is 2.58 bits per heavy atom. The van der Waals surface area contributed by atoms with Gasteiger partial charge < -0.3 is 5.32 Å². The molecule has 0 aliphatic carbocycles. The van der Waals surface area contributed by atoms with Crippen LogP contribution in [-0.4, -0.2) is 11.8 Å². The van der Waals surface area contributed by atoms with Crippen molar-refractivity contribution in [2.75, 3.05) is 6.54 Å². The van der Waals surface area contributed by atoms with E-state index in [1.54, 1.807) is 0 Å². The molecule has 0 atom stereocenters. The standard InChI is InChI=1S/C9H17NOS/c1-7(2)5-6-10-9(11)12-8(3)4/h7H,3,5-6H2,1-2,4H3,(H,10,11). The average Bonchev–Trinajstić information content (AvgIpc) is 1.84. The van der Waals surface area contributed by atoms with Gasteiger partial charge in [0.2, 0.25) is 0 Å². The Hall–Kier alpha value is -0.440. The molecule has 0 aromatic rings. The van der Waals surface area contributed by atoms with E-state index >= 15 is 0 Å². The Labute approximate surface area is 78.8 Å². The van der Waals surface area contributed by atoms with E-state index in [4.69, 9.17) is 0 Å². The minimum Gasteiger partial charge on any atom is -0.347 e. The van der Waals surface area contributed by atoms with Crippen LogP contribution in [0.2, 0.25) is 0 Å². The molecule has 0 aliphatic rings. The fourth-order valence-corrected chi connectivity index (χ4v) is 1.15. The lowest BCUT2D eigenvalue weighted by Gasteiger charge is -2.05. The van der Waals surface area contributed by atoms with Gasteiger partial charge in [-0.25, -0.2) is 0 Å². The summed E-state index contributed by atoms with van der Waals surface area (Å²) in [5.41, 5.74) is 0. The van der Waals surface area contributed by atoms with Crippen molar-refractivity contribution >= 4 is 17.0 Å². The van der Waals surface area contributed by atoms with Gasteiger partial charge in [-0.2, -0.15) is 0 Å². The monoisotopic (exact) mass is 187 g/mol. The molecule has 0 aromatic carbocycles. The Morgan fingerprint density at radius 2 is 2.17 bits per heavy atom. The maximum absolute atomic E-state index is 11.0. The topological polar surface area (TPSA) is 29.1 Å². The van der Waals surface area contributed by atoms with E-state index in [1.807, 2.05) is 6.92 Å². The molecule has 0 rings (SSSR count). The zero-order valence-corrected chi connectivity index (χ0v) is 8.83. The molecule has 3 heteroatoms. The summed E-state index contributed by atoms with van der Waals surface area (Å²) in [4.78, 5) is 11.9. The molecule has 1 amide bonds. The largest absolute Gasteiger partial charge is 0.347 e. The van der Waals surface area contributed by atoms with Gasteiger partial charge in [0.05, 0.1) is 0 Å². The molecule has 1 N–H and O–H groups in total. The van der Waals surface area contributed by atoms with Gasteiger partial charge in [0, 0.05) is 6.54 Å². The molecule has 0 radical (unpaired) electrons. The molecule has 12 heavy (non-hydrogen) atoms. The highest BCUT2D eigenvalue weighted by Crippen LogP contribution is 2.12. The summed E-state index contributed by atoms with van der Waals surface area (Å²) in [6.07, 6.45) is 1.03. The molecular weight excluding hydrogens is 170 g/mol. The lowest BCUT2D eigenvalue weighted by atomic mass is 10.1. The van der Waals surface area contributed by atoms with Gasteiger partial charge in [-0.15, -0.1) is 0 Å². The van der Waals surface area contributed by atoms with E-state index in [9.17, 15) is 4.79 Å². The van der Waals surface area contributed by atoms with Crippen LogP contribution in [0.25, 0.3) is 0 Å². The summed E-state index contributed by atoms with van der Waals surface area (Å²) in [6, 6.07) is 0. The van der Waals surface area contributed by atoms with Gasteiger partial charge >= 0.3 is 0 Å². The molecule has 0 fully saturated rings. The minimum absolute atomic E-state index is 0.00292. The number of carbonyl (C=O) groups excluding carboxylic acids is 1. The van der Waals surface area contributed by atoms with Crippen molar-refractivity contribution < 1.29 is 4.79 Å². The van der Waals surface area contributed by atoms with Crippen molar-refractivity contribution in [3.63, 3.8) is 0 Å². The summed E-state index contributed by atoms with van der Waals surface area (Å²) in [7, 11) is 0. The predicted octanol–water partition coefficient (Wildman–Crippen LogP) is 3.01. The lowest BCUT2D eigenvalue weighted by molar-refractivity contribution is 0.260. The van der Waals surface area contributed by atoms with Gasteiger partial charge in [0.1, 0.15) is 0 Å². The first kappa shape index (κ1) is 11.6. The van der Waals surface area contributed by atoms with E-state index in [2.05, 4.69) is 25.7 Å². The van der Waals surface area contributed by atoms with Crippen LogP contribution in [0, 0.1) is 5.92 Å². The number of thioether (sulfide) groups is 1. The maximum Gasteiger partial charge on any atom is 0.283 e. The highest BCUT2D eigenvalue weighted by Gasteiger charge is 2.01. The van der Waals surface area contributed by atoms with Gasteiger partial charge in [0.15, 0.2) is 0 Å². The van der Waals surface area contributed by atoms with Crippen LogP contribution < -0.4 is 5.32 Å². The van der Waals surface area contributed by atoms with Crippen LogP contribution >= 0.6 is 11.8 Å². The van der Waals surface area contributed by atoms with Crippen molar-refractivity contribution in [1.29, 1.82) is 0 Å². The number of carbonyl (C=O) groups is 1. The first-order chi connectivity index (χ1) is 5.52. The van der Waals surface area contributed by atoms with Gasteiger partial charge in [-0.05, 0) is 35.9 Å². The van der Waals surface area contributed by atoms with E-state index in [-0.39, 0.29) is 5.24 Å². The fraction of sp³-hybridized carbons (Fsp3) is 0.667. The summed E-state index contributed by atoms with van der Waals surface area (Å²) in [5.74, 6) is 0.639. The van der Waals surface area contributed by atoms with Crippen molar-refractivity contribution in [3.8, 4) is 0 Å². The SMILES string of the molecule is C=C(C)SC(=O)NCCC(C)C. The lowest BCUT2D eigenvalue weighted by Crippen LogP contribution is -2.20. The van der Waals surface area contributed by atoms with Crippen LogP contribution in [0.5, 0.6) is 0 Å². The second kappa shape index (κ2) is 6.12. The first-order valence-corrected chi connectivity index (χ1v) is 4.95. The third kappa shape index (κ3) is 7.66. The fourth-order valence-electron chi connectivity index (χ4n) is 0.657. The van der Waals surface area contributed by atoms with E-state index in [0.717, 1.165) is 29.6 Å². The highest BCUT2D eigenvalue weighted by atomic mass is 32.2. The summed E-state index contributed by atoms with van der Waals surface area (Å²) < 4.78 is 0. The molecule has 0 bridgehead atoms. The Bertz CT molecular complexity index is 166. The van der Waals surface area contributed by atoms with Gasteiger partial charge in [0.25, 0.3) is 5.24 Å². The Balaban J connectivity index is 3.38. The van der Waals surface area contributed by atoms with E-state index in [0.29, 0.717) is 5.92 Å². The smallest absolute Gasteiger partial charge is 0.283 e. The first-order valence-electron chi connectivity index (χ1n) is 4.13. The highest BCUT2D eigenvalue weighted by molar-refractivity contribution is 8.16. The van der Waals surface area contributed by atoms with Crippen molar-refractivity contribution in [2.45, 2.75) is 27.2 Å². The van der Waals surface area contributed by atoms with Crippen LogP contribution in [0.3, 0.4) is 0 Å². The molecule has 0 saturated heterocycles. The van der Waals surface area contributed by atoms with Crippen molar-refractivity contribution in [1.82, 2.24) is 5.32 Å². The quantitative estimate of drug-likeness (QED) is 0.733. The zero-order valence-electron chi connectivity index (χ0n) is 8.02. The molecule has 0 saturated carbocycles. The number of hydrogen-bond acceptors (Lipinski definition) is 2. The summed E-state index contributed by atoms with van der Waals surface area (Å²) >= 11 is 1.16. The van der Waals surface area contributed by atoms with Crippen molar-refractivity contribution in [3.05, 3.63) is 11.5 Å².